The van der Waals surface area contributed by atoms with E-state index in [1.54, 1.807) is 0 Å². The number of rotatable bonds is 6. The number of nitrogens with zero attached hydrogens (tertiary/aromatic N) is 6. The minimum Gasteiger partial charge on any atom is -0.340 e. The van der Waals surface area contributed by atoms with Gasteiger partial charge in [-0.3, -0.25) is 9.80 Å². The van der Waals surface area contributed by atoms with Crippen molar-refractivity contribution in [2.24, 2.45) is 7.05 Å². The molecule has 3 rings (SSSR count). The zero-order valence-corrected chi connectivity index (χ0v) is 15.0. The van der Waals surface area contributed by atoms with Crippen molar-refractivity contribution in [2.75, 3.05) is 19.6 Å². The molecule has 0 spiro atoms. The van der Waals surface area contributed by atoms with Gasteiger partial charge in [-0.05, 0) is 32.4 Å². The maximum absolute atomic E-state index is 5.10. The third-order valence-corrected chi connectivity index (χ3v) is 4.93. The molecule has 24 heavy (non-hydrogen) atoms. The van der Waals surface area contributed by atoms with E-state index in [4.69, 9.17) is 4.52 Å². The van der Waals surface area contributed by atoms with Crippen LogP contribution < -0.4 is 0 Å². The molecule has 132 valence electrons. The van der Waals surface area contributed by atoms with Crippen LogP contribution in [0.15, 0.2) is 17.0 Å². The number of aryl methyl sites for hydroxylation is 2. The molecule has 1 saturated heterocycles. The molecule has 2 aromatic rings. The van der Waals surface area contributed by atoms with E-state index < -0.39 is 0 Å². The average molecular weight is 332 g/mol. The average Bonchev–Trinajstić information content (AvgIpc) is 3.08. The van der Waals surface area contributed by atoms with Gasteiger partial charge in [0.2, 0.25) is 5.89 Å². The third-order valence-electron chi connectivity index (χ3n) is 4.93. The monoisotopic (exact) mass is 332 g/mol. The van der Waals surface area contributed by atoms with Crippen LogP contribution in [0.2, 0.25) is 0 Å². The van der Waals surface area contributed by atoms with Crippen molar-refractivity contribution in [3.63, 3.8) is 0 Å². The summed E-state index contributed by atoms with van der Waals surface area (Å²) in [5.41, 5.74) is 1.28. The van der Waals surface area contributed by atoms with Crippen LogP contribution in [0, 0.1) is 6.92 Å². The fraction of sp³-hybridized carbons (Fsp3) is 0.706. The zero-order valence-electron chi connectivity index (χ0n) is 15.0. The Labute approximate surface area is 143 Å². The largest absolute Gasteiger partial charge is 0.340 e. The van der Waals surface area contributed by atoms with Gasteiger partial charge in [0.05, 0.1) is 18.6 Å². The van der Waals surface area contributed by atoms with E-state index >= 15 is 0 Å². The molecule has 0 unspecified atom stereocenters. The van der Waals surface area contributed by atoms with Crippen LogP contribution in [0.4, 0.5) is 0 Å². The standard InChI is InChI=1S/C17H28N6O/c1-4-23(12-17-19-14(2)24-20-17)15-6-5-8-22(9-7-15)11-16-10-18-13-21(16)3/h10,13,15H,4-9,11-12H2,1-3H3/t15-/m1/s1. The van der Waals surface area contributed by atoms with Gasteiger partial charge in [0, 0.05) is 39.3 Å². The lowest BCUT2D eigenvalue weighted by Crippen LogP contribution is -2.36. The van der Waals surface area contributed by atoms with E-state index in [1.807, 2.05) is 19.4 Å². The molecule has 1 fully saturated rings. The summed E-state index contributed by atoms with van der Waals surface area (Å²) < 4.78 is 7.22. The molecule has 0 radical (unpaired) electrons. The van der Waals surface area contributed by atoms with Crippen molar-refractivity contribution in [2.45, 2.75) is 52.2 Å². The highest BCUT2D eigenvalue weighted by Gasteiger charge is 2.23. The van der Waals surface area contributed by atoms with E-state index in [0.29, 0.717) is 11.9 Å². The van der Waals surface area contributed by atoms with Crippen LogP contribution >= 0.6 is 0 Å². The van der Waals surface area contributed by atoms with Gasteiger partial charge in [-0.2, -0.15) is 4.98 Å². The minimum atomic E-state index is 0.588. The first kappa shape index (κ1) is 17.1. The second-order valence-electron chi connectivity index (χ2n) is 6.65. The molecule has 0 N–H and O–H groups in total. The van der Waals surface area contributed by atoms with Gasteiger partial charge in [-0.25, -0.2) is 4.98 Å². The molecule has 0 bridgehead atoms. The summed E-state index contributed by atoms with van der Waals surface area (Å²) in [7, 11) is 2.06. The maximum atomic E-state index is 5.10. The minimum absolute atomic E-state index is 0.588. The number of aromatic nitrogens is 4. The summed E-state index contributed by atoms with van der Waals surface area (Å²) in [6, 6.07) is 0.588. The second-order valence-corrected chi connectivity index (χ2v) is 6.65. The Morgan fingerprint density at radius 3 is 2.88 bits per heavy atom. The van der Waals surface area contributed by atoms with Crippen molar-refractivity contribution in [1.82, 2.24) is 29.5 Å². The molecule has 0 aromatic carbocycles. The van der Waals surface area contributed by atoms with Crippen LogP contribution in [0.5, 0.6) is 0 Å². The van der Waals surface area contributed by atoms with Gasteiger partial charge >= 0.3 is 0 Å². The Bertz CT molecular complexity index is 637. The first-order chi connectivity index (χ1) is 11.7. The fourth-order valence-electron chi connectivity index (χ4n) is 3.51. The quantitative estimate of drug-likeness (QED) is 0.806. The lowest BCUT2D eigenvalue weighted by atomic mass is 10.1. The molecule has 0 amide bonds. The van der Waals surface area contributed by atoms with Crippen molar-refractivity contribution in [3.8, 4) is 0 Å². The highest BCUT2D eigenvalue weighted by atomic mass is 16.5. The van der Waals surface area contributed by atoms with Gasteiger partial charge in [-0.15, -0.1) is 0 Å². The molecule has 2 aromatic heterocycles. The highest BCUT2D eigenvalue weighted by Crippen LogP contribution is 2.19. The molecule has 7 heteroatoms. The summed E-state index contributed by atoms with van der Waals surface area (Å²) in [6.07, 6.45) is 7.49. The van der Waals surface area contributed by atoms with Crippen LogP contribution in [0.1, 0.15) is 43.6 Å². The summed E-state index contributed by atoms with van der Waals surface area (Å²) in [4.78, 5) is 13.6. The topological polar surface area (TPSA) is 63.2 Å². The highest BCUT2D eigenvalue weighted by molar-refractivity contribution is 4.97. The molecule has 7 nitrogen and oxygen atoms in total. The SMILES string of the molecule is CCN(Cc1noc(C)n1)[C@@H]1CCCN(Cc2cncn2C)CC1. The lowest BCUT2D eigenvalue weighted by Gasteiger charge is -2.29. The first-order valence-electron chi connectivity index (χ1n) is 8.86. The Kier molecular flexibility index (Phi) is 5.63. The molecule has 1 aliphatic rings. The lowest BCUT2D eigenvalue weighted by molar-refractivity contribution is 0.170. The molecule has 0 saturated carbocycles. The molecule has 3 heterocycles. The van der Waals surface area contributed by atoms with Gasteiger partial charge in [0.15, 0.2) is 5.82 Å². The molecule has 1 atom stereocenters. The Balaban J connectivity index is 1.56. The Morgan fingerprint density at radius 2 is 2.21 bits per heavy atom. The van der Waals surface area contributed by atoms with Crippen molar-refractivity contribution < 1.29 is 4.52 Å². The summed E-state index contributed by atoms with van der Waals surface area (Å²) in [5.74, 6) is 1.44. The third kappa shape index (κ3) is 4.21. The zero-order chi connectivity index (χ0) is 16.9. The van der Waals surface area contributed by atoms with Crippen LogP contribution in [-0.4, -0.2) is 55.2 Å². The van der Waals surface area contributed by atoms with Gasteiger partial charge in [0.1, 0.15) is 0 Å². The summed E-state index contributed by atoms with van der Waals surface area (Å²) in [5, 5.41) is 4.05. The predicted molar refractivity (Wildman–Crippen MR) is 91.2 cm³/mol. The first-order valence-corrected chi connectivity index (χ1v) is 8.86. The number of imidazole rings is 1. The van der Waals surface area contributed by atoms with E-state index in [2.05, 4.69) is 43.5 Å². The molecule has 0 aliphatic carbocycles. The smallest absolute Gasteiger partial charge is 0.223 e. The fourth-order valence-corrected chi connectivity index (χ4v) is 3.51. The number of likely N-dealkylation sites (tertiary alicyclic amines) is 1. The predicted octanol–water partition coefficient (Wildman–Crippen LogP) is 1.99. The van der Waals surface area contributed by atoms with E-state index in [1.165, 1.54) is 25.0 Å². The van der Waals surface area contributed by atoms with Gasteiger partial charge in [-0.1, -0.05) is 12.1 Å². The van der Waals surface area contributed by atoms with Crippen molar-refractivity contribution in [3.05, 3.63) is 29.9 Å². The van der Waals surface area contributed by atoms with Crippen molar-refractivity contribution >= 4 is 0 Å². The van der Waals surface area contributed by atoms with Gasteiger partial charge < -0.3 is 9.09 Å². The Morgan fingerprint density at radius 1 is 1.33 bits per heavy atom. The van der Waals surface area contributed by atoms with E-state index in [9.17, 15) is 0 Å². The summed E-state index contributed by atoms with van der Waals surface area (Å²) >= 11 is 0. The Hall–Kier alpha value is -1.73. The summed E-state index contributed by atoms with van der Waals surface area (Å²) in [6.45, 7) is 9.11. The van der Waals surface area contributed by atoms with Gasteiger partial charge in [0.25, 0.3) is 0 Å². The normalized spacial score (nSPS) is 19.8. The number of hydrogen-bond acceptors (Lipinski definition) is 6. The molecule has 1 aliphatic heterocycles. The van der Waals surface area contributed by atoms with E-state index in [0.717, 1.165) is 38.5 Å². The van der Waals surface area contributed by atoms with Crippen LogP contribution in [0.3, 0.4) is 0 Å². The molecular weight excluding hydrogens is 304 g/mol. The van der Waals surface area contributed by atoms with Crippen molar-refractivity contribution in [1.29, 1.82) is 0 Å². The second kappa shape index (κ2) is 7.90. The van der Waals surface area contributed by atoms with Crippen LogP contribution in [-0.2, 0) is 20.1 Å². The molecular formula is C17H28N6O. The number of hydrogen-bond donors (Lipinski definition) is 0. The maximum Gasteiger partial charge on any atom is 0.223 e. The van der Waals surface area contributed by atoms with E-state index in [-0.39, 0.29) is 0 Å². The van der Waals surface area contributed by atoms with Crippen LogP contribution in [0.25, 0.3) is 0 Å².